The number of amides is 1. The van der Waals surface area contributed by atoms with Crippen LogP contribution in [0.15, 0.2) is 24.3 Å². The second kappa shape index (κ2) is 6.18. The highest BCUT2D eigenvalue weighted by Crippen LogP contribution is 2.39. The Kier molecular flexibility index (Phi) is 4.29. The number of hydrogen-bond donors (Lipinski definition) is 1. The molecule has 0 aliphatic heterocycles. The molecule has 114 valence electrons. The largest absolute Gasteiger partial charge is 0.345 e. The van der Waals surface area contributed by atoms with E-state index in [0.717, 1.165) is 6.54 Å². The number of nitrogens with zero attached hydrogens (tertiary/aromatic N) is 1. The Morgan fingerprint density at radius 1 is 1.19 bits per heavy atom. The minimum Gasteiger partial charge on any atom is -0.345 e. The number of fused-ring (bicyclic) bond motifs is 3. The van der Waals surface area contributed by atoms with Crippen molar-refractivity contribution in [3.05, 3.63) is 35.4 Å². The normalized spacial score (nSPS) is 27.0. The Bertz CT molecular complexity index is 481. The predicted octanol–water partition coefficient (Wildman–Crippen LogP) is 2.25. The van der Waals surface area contributed by atoms with Crippen LogP contribution in [0.3, 0.4) is 0 Å². The van der Waals surface area contributed by atoms with Crippen LogP contribution in [0, 0.1) is 11.8 Å². The molecule has 0 spiro atoms. The van der Waals surface area contributed by atoms with E-state index in [4.69, 9.17) is 0 Å². The Labute approximate surface area is 127 Å². The molecule has 1 N–H and O–H groups in total. The highest BCUT2D eigenvalue weighted by molar-refractivity contribution is 5.77. The van der Waals surface area contributed by atoms with Crippen LogP contribution in [0.25, 0.3) is 0 Å². The quantitative estimate of drug-likeness (QED) is 0.921. The number of benzene rings is 1. The van der Waals surface area contributed by atoms with E-state index in [2.05, 4.69) is 29.6 Å². The van der Waals surface area contributed by atoms with Crippen LogP contribution < -0.4 is 5.32 Å². The van der Waals surface area contributed by atoms with E-state index in [1.54, 1.807) is 4.90 Å². The summed E-state index contributed by atoms with van der Waals surface area (Å²) in [6.45, 7) is 3.28. The molecule has 3 rings (SSSR count). The van der Waals surface area contributed by atoms with Crippen molar-refractivity contribution in [2.24, 2.45) is 11.8 Å². The molecule has 2 bridgehead atoms. The molecule has 0 aromatic heterocycles. The van der Waals surface area contributed by atoms with Crippen molar-refractivity contribution < 1.29 is 4.79 Å². The van der Waals surface area contributed by atoms with Gasteiger partial charge in [0, 0.05) is 19.6 Å². The lowest BCUT2D eigenvalue weighted by molar-refractivity contribution is -0.128. The predicted molar refractivity (Wildman–Crippen MR) is 85.2 cm³/mol. The van der Waals surface area contributed by atoms with Crippen LogP contribution in [0.4, 0.5) is 0 Å². The zero-order chi connectivity index (χ0) is 14.8. The molecule has 0 saturated heterocycles. The molecule has 1 aromatic carbocycles. The van der Waals surface area contributed by atoms with Crippen molar-refractivity contribution in [1.29, 1.82) is 0 Å². The van der Waals surface area contributed by atoms with Gasteiger partial charge in [-0.1, -0.05) is 24.3 Å². The summed E-state index contributed by atoms with van der Waals surface area (Å²) in [4.78, 5) is 13.8. The third-order valence-electron chi connectivity index (χ3n) is 5.40. The molecule has 1 fully saturated rings. The van der Waals surface area contributed by atoms with Gasteiger partial charge in [0.15, 0.2) is 0 Å². The minimum atomic E-state index is 0.207. The van der Waals surface area contributed by atoms with Gasteiger partial charge in [-0.25, -0.2) is 0 Å². The van der Waals surface area contributed by atoms with Crippen LogP contribution in [-0.4, -0.2) is 37.0 Å². The van der Waals surface area contributed by atoms with Crippen molar-refractivity contribution in [3.8, 4) is 0 Å². The molecule has 3 nitrogen and oxygen atoms in total. The van der Waals surface area contributed by atoms with E-state index < -0.39 is 0 Å². The first kappa shape index (κ1) is 14.6. The van der Waals surface area contributed by atoms with Gasteiger partial charge < -0.3 is 10.2 Å². The van der Waals surface area contributed by atoms with E-state index in [1.807, 2.05) is 14.0 Å². The van der Waals surface area contributed by atoms with Crippen molar-refractivity contribution in [1.82, 2.24) is 10.2 Å². The summed E-state index contributed by atoms with van der Waals surface area (Å²) in [5.74, 6) is 1.59. The number of hydrogen-bond acceptors (Lipinski definition) is 2. The standard InChI is InChI=1S/C18H26N2O/c1-3-20(2)17(21)12-19-18-15-8-9-16(18)11-14-7-5-4-6-13(14)10-15/h4-7,15-16,18-19H,3,8-12H2,1-2H3. The Balaban J connectivity index is 1.67. The van der Waals surface area contributed by atoms with Gasteiger partial charge in [-0.2, -0.15) is 0 Å². The maximum absolute atomic E-state index is 12.0. The molecule has 2 atom stereocenters. The van der Waals surface area contributed by atoms with Gasteiger partial charge >= 0.3 is 0 Å². The van der Waals surface area contributed by atoms with Crippen molar-refractivity contribution >= 4 is 5.91 Å². The number of rotatable bonds is 4. The summed E-state index contributed by atoms with van der Waals surface area (Å²) in [7, 11) is 1.88. The number of carbonyl (C=O) groups is 1. The molecule has 3 heteroatoms. The zero-order valence-corrected chi connectivity index (χ0v) is 13.1. The fourth-order valence-corrected chi connectivity index (χ4v) is 4.00. The monoisotopic (exact) mass is 286 g/mol. The highest BCUT2D eigenvalue weighted by Gasteiger charge is 2.38. The summed E-state index contributed by atoms with van der Waals surface area (Å²) < 4.78 is 0. The zero-order valence-electron chi connectivity index (χ0n) is 13.1. The molecule has 2 unspecified atom stereocenters. The van der Waals surface area contributed by atoms with Crippen LogP contribution in [-0.2, 0) is 17.6 Å². The molecule has 1 aromatic rings. The molecule has 1 amide bonds. The molecule has 1 saturated carbocycles. The SMILES string of the molecule is CCN(C)C(=O)CNC1C2CCC1Cc1ccccc1C2. The highest BCUT2D eigenvalue weighted by atomic mass is 16.2. The third kappa shape index (κ3) is 2.98. The summed E-state index contributed by atoms with van der Waals surface area (Å²) in [5, 5.41) is 3.58. The number of nitrogens with one attached hydrogen (secondary N) is 1. The Morgan fingerprint density at radius 2 is 1.76 bits per heavy atom. The second-order valence-corrected chi connectivity index (χ2v) is 6.59. The van der Waals surface area contributed by atoms with Crippen LogP contribution in [0.2, 0.25) is 0 Å². The average molecular weight is 286 g/mol. The first-order chi connectivity index (χ1) is 10.2. The van der Waals surface area contributed by atoms with Gasteiger partial charge in [-0.15, -0.1) is 0 Å². The van der Waals surface area contributed by atoms with E-state index in [1.165, 1.54) is 36.8 Å². The van der Waals surface area contributed by atoms with Crippen LogP contribution in [0.1, 0.15) is 30.9 Å². The summed E-state index contributed by atoms with van der Waals surface area (Å²) >= 11 is 0. The van der Waals surface area contributed by atoms with Gasteiger partial charge in [0.25, 0.3) is 0 Å². The second-order valence-electron chi connectivity index (χ2n) is 6.59. The molecular weight excluding hydrogens is 260 g/mol. The van der Waals surface area contributed by atoms with Crippen molar-refractivity contribution in [2.45, 2.75) is 38.6 Å². The molecule has 21 heavy (non-hydrogen) atoms. The summed E-state index contributed by atoms with van der Waals surface area (Å²) in [6, 6.07) is 9.37. The average Bonchev–Trinajstić information content (AvgIpc) is 2.78. The van der Waals surface area contributed by atoms with E-state index in [9.17, 15) is 4.79 Å². The lowest BCUT2D eigenvalue weighted by atomic mass is 9.94. The molecule has 2 aliphatic rings. The van der Waals surface area contributed by atoms with Gasteiger partial charge in [-0.3, -0.25) is 4.79 Å². The lowest BCUT2D eigenvalue weighted by Gasteiger charge is -2.25. The fourth-order valence-electron chi connectivity index (χ4n) is 4.00. The van der Waals surface area contributed by atoms with Crippen LogP contribution in [0.5, 0.6) is 0 Å². The topological polar surface area (TPSA) is 32.3 Å². The third-order valence-corrected chi connectivity index (χ3v) is 5.40. The Morgan fingerprint density at radius 3 is 2.29 bits per heavy atom. The molecule has 0 heterocycles. The fraction of sp³-hybridized carbons (Fsp3) is 0.611. The molecular formula is C18H26N2O. The molecule has 2 aliphatic carbocycles. The van der Waals surface area contributed by atoms with Gasteiger partial charge in [0.05, 0.1) is 6.54 Å². The lowest BCUT2D eigenvalue weighted by Crippen LogP contribution is -2.44. The number of carbonyl (C=O) groups excluding carboxylic acids is 1. The smallest absolute Gasteiger partial charge is 0.236 e. The van der Waals surface area contributed by atoms with E-state index >= 15 is 0 Å². The van der Waals surface area contributed by atoms with Gasteiger partial charge in [0.1, 0.15) is 0 Å². The van der Waals surface area contributed by atoms with E-state index in [0.29, 0.717) is 24.4 Å². The number of likely N-dealkylation sites (N-methyl/N-ethyl adjacent to an activating group) is 1. The van der Waals surface area contributed by atoms with Crippen LogP contribution >= 0.6 is 0 Å². The molecule has 0 radical (unpaired) electrons. The summed E-state index contributed by atoms with van der Waals surface area (Å²) in [5.41, 5.74) is 3.04. The van der Waals surface area contributed by atoms with Gasteiger partial charge in [-0.05, 0) is 55.6 Å². The minimum absolute atomic E-state index is 0.207. The van der Waals surface area contributed by atoms with E-state index in [-0.39, 0.29) is 5.91 Å². The first-order valence-electron chi connectivity index (χ1n) is 8.23. The maximum Gasteiger partial charge on any atom is 0.236 e. The maximum atomic E-state index is 12.0. The van der Waals surface area contributed by atoms with Crippen molar-refractivity contribution in [2.75, 3.05) is 20.1 Å². The summed E-state index contributed by atoms with van der Waals surface area (Å²) in [6.07, 6.45) is 4.94. The van der Waals surface area contributed by atoms with Gasteiger partial charge in [0.2, 0.25) is 5.91 Å². The van der Waals surface area contributed by atoms with Crippen molar-refractivity contribution in [3.63, 3.8) is 0 Å². The first-order valence-corrected chi connectivity index (χ1v) is 8.23. The Hall–Kier alpha value is -1.35.